The lowest BCUT2D eigenvalue weighted by Crippen LogP contribution is -2.42. The smallest absolute Gasteiger partial charge is 0.254 e. The average Bonchev–Trinajstić information content (AvgIpc) is 2.99. The fourth-order valence-corrected chi connectivity index (χ4v) is 4.74. The molecular formula is C20H27N3OS2. The Bertz CT molecular complexity index is 800. The van der Waals surface area contributed by atoms with Gasteiger partial charge in [-0.05, 0) is 50.3 Å². The van der Waals surface area contributed by atoms with E-state index >= 15 is 0 Å². The number of hydrogen-bond acceptors (Lipinski definition) is 5. The van der Waals surface area contributed by atoms with Gasteiger partial charge in [-0.2, -0.15) is 5.10 Å². The summed E-state index contributed by atoms with van der Waals surface area (Å²) in [6.45, 7) is 8.06. The zero-order chi connectivity index (χ0) is 19.3. The fourth-order valence-electron chi connectivity index (χ4n) is 3.18. The summed E-state index contributed by atoms with van der Waals surface area (Å²) in [5.41, 5.74) is 5.02. The van der Waals surface area contributed by atoms with Crippen LogP contribution in [0.2, 0.25) is 0 Å². The molecule has 1 aromatic rings. The molecule has 0 fully saturated rings. The van der Waals surface area contributed by atoms with Gasteiger partial charge >= 0.3 is 0 Å². The van der Waals surface area contributed by atoms with Crippen molar-refractivity contribution < 1.29 is 4.79 Å². The predicted molar refractivity (Wildman–Crippen MR) is 114 cm³/mol. The lowest BCUT2D eigenvalue weighted by Gasteiger charge is -2.28. The highest BCUT2D eigenvalue weighted by molar-refractivity contribution is 7.83. The van der Waals surface area contributed by atoms with Crippen LogP contribution in [0.3, 0.4) is 0 Å². The third-order valence-electron chi connectivity index (χ3n) is 4.46. The van der Waals surface area contributed by atoms with Crippen molar-refractivity contribution in [3.8, 4) is 0 Å². The zero-order valence-electron chi connectivity index (χ0n) is 15.8. The van der Waals surface area contributed by atoms with E-state index in [4.69, 9.17) is 5.84 Å². The Labute approximate surface area is 165 Å². The summed E-state index contributed by atoms with van der Waals surface area (Å²) in [5, 5.41) is 7.02. The summed E-state index contributed by atoms with van der Waals surface area (Å²) >= 11 is 5.96. The van der Waals surface area contributed by atoms with Crippen LogP contribution in [0.4, 0.5) is 0 Å². The van der Waals surface area contributed by atoms with Crippen molar-refractivity contribution in [3.63, 3.8) is 0 Å². The number of allylic oxidation sites excluding steroid dienone is 5. The number of carbonyl (C=O) groups is 1. The minimum atomic E-state index is -0.0576. The van der Waals surface area contributed by atoms with Crippen LogP contribution in [0.1, 0.15) is 61.3 Å². The highest BCUT2D eigenvalue weighted by Gasteiger charge is 2.33. The van der Waals surface area contributed by atoms with Gasteiger partial charge in [0.25, 0.3) is 5.91 Å². The van der Waals surface area contributed by atoms with Gasteiger partial charge in [0.2, 0.25) is 0 Å². The van der Waals surface area contributed by atoms with Crippen LogP contribution in [-0.2, 0) is 6.42 Å². The molecule has 3 rings (SSSR count). The highest BCUT2D eigenvalue weighted by Crippen LogP contribution is 2.37. The van der Waals surface area contributed by atoms with E-state index in [1.807, 2.05) is 32.9 Å². The van der Waals surface area contributed by atoms with E-state index < -0.39 is 0 Å². The third kappa shape index (κ3) is 4.13. The molecular weight excluding hydrogens is 362 g/mol. The molecule has 1 aromatic heterocycles. The summed E-state index contributed by atoms with van der Waals surface area (Å²) in [6.07, 6.45) is 10.8. The second-order valence-electron chi connectivity index (χ2n) is 6.09. The highest BCUT2D eigenvalue weighted by atomic mass is 32.2. The van der Waals surface area contributed by atoms with E-state index in [2.05, 4.69) is 42.1 Å². The topological polar surface area (TPSA) is 67.5 Å². The number of nitrogens with one attached hydrogen (secondary N) is 1. The number of carbonyl (C=O) groups excluding carboxylic acids is 1. The van der Waals surface area contributed by atoms with Gasteiger partial charge in [0.05, 0.1) is 26.4 Å². The van der Waals surface area contributed by atoms with Crippen LogP contribution in [-0.4, -0.2) is 17.7 Å². The molecule has 140 valence electrons. The number of thiol groups is 1. The van der Waals surface area contributed by atoms with E-state index in [9.17, 15) is 4.79 Å². The van der Waals surface area contributed by atoms with Crippen LogP contribution < -0.4 is 11.2 Å². The molecule has 3 N–H and O–H groups in total. The van der Waals surface area contributed by atoms with Crippen molar-refractivity contribution in [1.29, 1.82) is 0 Å². The molecule has 2 heterocycles. The molecule has 0 aromatic carbocycles. The number of fused-ring (bicyclic) bond motifs is 1. The number of nitrogens with two attached hydrogens (primary N) is 1. The number of hydrazone groups is 1. The van der Waals surface area contributed by atoms with E-state index in [0.717, 1.165) is 33.9 Å². The van der Waals surface area contributed by atoms with Crippen LogP contribution in [0, 0.1) is 0 Å². The lowest BCUT2D eigenvalue weighted by atomic mass is 9.87. The summed E-state index contributed by atoms with van der Waals surface area (Å²) in [4.78, 5) is 13.6. The quantitative estimate of drug-likeness (QED) is 0.305. The number of thiophene rings is 1. The Morgan fingerprint density at radius 2 is 2.12 bits per heavy atom. The Morgan fingerprint density at radius 1 is 1.38 bits per heavy atom. The van der Waals surface area contributed by atoms with Gasteiger partial charge in [-0.3, -0.25) is 4.79 Å². The van der Waals surface area contributed by atoms with Crippen LogP contribution in [0.15, 0.2) is 44.8 Å². The van der Waals surface area contributed by atoms with Gasteiger partial charge in [0, 0.05) is 0 Å². The van der Waals surface area contributed by atoms with Crippen LogP contribution in [0.25, 0.3) is 0 Å². The first-order chi connectivity index (χ1) is 12.5. The molecule has 2 aliphatic rings. The van der Waals surface area contributed by atoms with Crippen molar-refractivity contribution >= 4 is 35.6 Å². The Hall–Kier alpha value is -1.79. The maximum absolute atomic E-state index is 12.6. The van der Waals surface area contributed by atoms with E-state index in [1.165, 1.54) is 22.5 Å². The molecule has 0 saturated heterocycles. The third-order valence-corrected chi connectivity index (χ3v) is 6.02. The van der Waals surface area contributed by atoms with Crippen molar-refractivity contribution in [1.82, 2.24) is 5.32 Å². The van der Waals surface area contributed by atoms with Gasteiger partial charge in [-0.15, -0.1) is 24.0 Å². The maximum Gasteiger partial charge on any atom is 0.254 e. The second kappa shape index (κ2) is 9.24. The molecule has 1 aliphatic heterocycles. The summed E-state index contributed by atoms with van der Waals surface area (Å²) in [5.74, 6) is 5.50. The van der Waals surface area contributed by atoms with Crippen LogP contribution in [0.5, 0.6) is 0 Å². The maximum atomic E-state index is 12.6. The summed E-state index contributed by atoms with van der Waals surface area (Å²) in [6, 6.07) is 0.0278. The molecule has 0 saturated carbocycles. The first-order valence-corrected chi connectivity index (χ1v) is 10.2. The van der Waals surface area contributed by atoms with E-state index in [1.54, 1.807) is 0 Å². The standard InChI is InChI=1S/C18H21N3OS2.C2H6/c1-3-4-13(21-19)16-12-9-14(11-7-5-10(2)6-8-11)20-17(22)15(12)18(23)24-16;1-2/h3-5,7,14,23H,6,8-9,19H2,1-2H3,(H,20,22);1-2H3/b4-3-,21-13+;. The molecule has 0 radical (unpaired) electrons. The van der Waals surface area contributed by atoms with Crippen molar-refractivity contribution in [2.75, 3.05) is 0 Å². The predicted octanol–water partition coefficient (Wildman–Crippen LogP) is 4.62. The molecule has 0 bridgehead atoms. The van der Waals surface area contributed by atoms with Crippen molar-refractivity contribution in [2.45, 2.75) is 57.2 Å². The number of hydrogen-bond donors (Lipinski definition) is 3. The normalized spacial score (nSPS) is 20.0. The van der Waals surface area contributed by atoms with Gasteiger partial charge in [-0.25, -0.2) is 0 Å². The SMILES string of the molecule is C/C=C\C(=N/N)c1sc(S)c2c1CC(C1=CC=C(C)CC1)NC2=O.CC. The van der Waals surface area contributed by atoms with Crippen molar-refractivity contribution in [2.24, 2.45) is 10.9 Å². The molecule has 0 spiro atoms. The number of nitrogens with zero attached hydrogens (tertiary/aromatic N) is 1. The monoisotopic (exact) mass is 389 g/mol. The molecule has 1 unspecified atom stereocenters. The first kappa shape index (κ1) is 20.5. The second-order valence-corrected chi connectivity index (χ2v) is 7.86. The lowest BCUT2D eigenvalue weighted by molar-refractivity contribution is 0.0929. The van der Waals surface area contributed by atoms with Crippen LogP contribution >= 0.6 is 24.0 Å². The van der Waals surface area contributed by atoms with Gasteiger partial charge < -0.3 is 11.2 Å². The summed E-state index contributed by atoms with van der Waals surface area (Å²) in [7, 11) is 0. The number of rotatable bonds is 3. The average molecular weight is 390 g/mol. The van der Waals surface area contributed by atoms with Gasteiger partial charge in [0.1, 0.15) is 0 Å². The zero-order valence-corrected chi connectivity index (χ0v) is 17.5. The molecule has 1 aliphatic carbocycles. The first-order valence-electron chi connectivity index (χ1n) is 8.97. The number of amides is 1. The Kier molecular flexibility index (Phi) is 7.29. The van der Waals surface area contributed by atoms with E-state index in [0.29, 0.717) is 11.3 Å². The molecule has 6 heteroatoms. The van der Waals surface area contributed by atoms with Crippen molar-refractivity contribution in [3.05, 3.63) is 51.5 Å². The minimum Gasteiger partial charge on any atom is -0.345 e. The Morgan fingerprint density at radius 3 is 2.69 bits per heavy atom. The van der Waals surface area contributed by atoms with Gasteiger partial charge in [-0.1, -0.05) is 37.6 Å². The molecule has 1 amide bonds. The molecule has 1 atom stereocenters. The largest absolute Gasteiger partial charge is 0.345 e. The fraction of sp³-hybridized carbons (Fsp3) is 0.400. The van der Waals surface area contributed by atoms with Gasteiger partial charge in [0.15, 0.2) is 0 Å². The molecule has 26 heavy (non-hydrogen) atoms. The Balaban J connectivity index is 0.00000117. The minimum absolute atomic E-state index is 0.0278. The molecule has 4 nitrogen and oxygen atoms in total. The van der Waals surface area contributed by atoms with E-state index in [-0.39, 0.29) is 11.9 Å². The summed E-state index contributed by atoms with van der Waals surface area (Å²) < 4.78 is 0.718.